The second kappa shape index (κ2) is 10.0. The zero-order valence-corrected chi connectivity index (χ0v) is 17.7. The summed E-state index contributed by atoms with van der Waals surface area (Å²) in [6.07, 6.45) is 1.68. The molecular formula is C19H19IN4O2S. The van der Waals surface area contributed by atoms with Crippen molar-refractivity contribution < 1.29 is 9.53 Å². The number of nitrogens with zero attached hydrogens (tertiary/aromatic N) is 2. The maximum atomic E-state index is 11.4. The Morgan fingerprint density at radius 2 is 1.96 bits per heavy atom. The largest absolute Gasteiger partial charge is 0.465 e. The molecular weight excluding hydrogens is 475 g/mol. The first-order chi connectivity index (χ1) is 12.7. The molecule has 8 heteroatoms. The van der Waals surface area contributed by atoms with Crippen LogP contribution in [0.15, 0.2) is 64.8 Å². The quantitative estimate of drug-likeness (QED) is 0.186. The van der Waals surface area contributed by atoms with Crippen LogP contribution in [-0.2, 0) is 11.3 Å². The number of ether oxygens (including phenoxy) is 1. The molecule has 1 heterocycles. The fraction of sp³-hybridized carbons (Fsp3) is 0.105. The lowest BCUT2D eigenvalue weighted by Gasteiger charge is -2.05. The lowest BCUT2D eigenvalue weighted by molar-refractivity contribution is 0.0600. The molecule has 2 aromatic carbocycles. The van der Waals surface area contributed by atoms with Gasteiger partial charge in [0.2, 0.25) is 5.96 Å². The van der Waals surface area contributed by atoms with Gasteiger partial charge in [-0.15, -0.1) is 40.4 Å². The maximum Gasteiger partial charge on any atom is 0.337 e. The lowest BCUT2D eigenvalue weighted by Crippen LogP contribution is -2.30. The van der Waals surface area contributed by atoms with Crippen LogP contribution >= 0.6 is 35.3 Å². The summed E-state index contributed by atoms with van der Waals surface area (Å²) in [5.74, 6) is -0.138. The molecule has 3 N–H and O–H groups in total. The van der Waals surface area contributed by atoms with Crippen molar-refractivity contribution in [2.45, 2.75) is 6.54 Å². The number of hydrogen-bond donors (Lipinski definition) is 2. The Labute approximate surface area is 178 Å². The number of hydrogen-bond acceptors (Lipinski definition) is 5. The molecule has 0 aliphatic heterocycles. The predicted octanol–water partition coefficient (Wildman–Crippen LogP) is 3.74. The first-order valence-corrected chi connectivity index (χ1v) is 8.73. The first-order valence-electron chi connectivity index (χ1n) is 7.92. The highest BCUT2D eigenvalue weighted by atomic mass is 127. The van der Waals surface area contributed by atoms with Gasteiger partial charge in [-0.25, -0.2) is 4.79 Å². The van der Waals surface area contributed by atoms with Gasteiger partial charge in [0.05, 0.1) is 18.9 Å². The van der Waals surface area contributed by atoms with Crippen molar-refractivity contribution in [3.63, 3.8) is 0 Å². The van der Waals surface area contributed by atoms with Crippen molar-refractivity contribution in [2.24, 2.45) is 15.9 Å². The van der Waals surface area contributed by atoms with Crippen molar-refractivity contribution in [3.05, 3.63) is 70.6 Å². The standard InChI is InChI=1S/C19H18N4O2S.HI/c1-25-18(24)14-8-6-13(7-9-14)11-21-19(20)23-22-12-16-10-15-4-2-3-5-17(15)26-16;/h2-10,12H,11H2,1H3,(H3,20,21,23);1H. The van der Waals surface area contributed by atoms with E-state index < -0.39 is 0 Å². The Bertz CT molecular complexity index is 934. The second-order valence-electron chi connectivity index (χ2n) is 5.46. The van der Waals surface area contributed by atoms with Crippen LogP contribution in [0.25, 0.3) is 10.1 Å². The zero-order chi connectivity index (χ0) is 18.4. The van der Waals surface area contributed by atoms with Crippen LogP contribution < -0.4 is 11.1 Å². The SMILES string of the molecule is COC(=O)c1ccc(CNC(N)=NN=Cc2cc3ccccc3s2)cc1.I. The van der Waals surface area contributed by atoms with E-state index in [1.165, 1.54) is 17.2 Å². The van der Waals surface area contributed by atoms with Crippen LogP contribution in [0.1, 0.15) is 20.8 Å². The zero-order valence-electron chi connectivity index (χ0n) is 14.6. The third kappa shape index (κ3) is 5.76. The van der Waals surface area contributed by atoms with Gasteiger partial charge in [0.1, 0.15) is 0 Å². The molecule has 0 saturated carbocycles. The van der Waals surface area contributed by atoms with E-state index in [4.69, 9.17) is 5.73 Å². The molecule has 0 amide bonds. The van der Waals surface area contributed by atoms with Crippen molar-refractivity contribution in [1.29, 1.82) is 0 Å². The normalized spacial score (nSPS) is 11.4. The van der Waals surface area contributed by atoms with Gasteiger partial charge in [0, 0.05) is 16.1 Å². The van der Waals surface area contributed by atoms with Gasteiger partial charge in [-0.2, -0.15) is 5.10 Å². The first kappa shape index (κ1) is 20.8. The summed E-state index contributed by atoms with van der Waals surface area (Å²) < 4.78 is 5.87. The monoisotopic (exact) mass is 494 g/mol. The van der Waals surface area contributed by atoms with E-state index in [0.717, 1.165) is 10.4 Å². The number of nitrogens with two attached hydrogens (primary N) is 1. The van der Waals surface area contributed by atoms with Crippen molar-refractivity contribution in [1.82, 2.24) is 5.32 Å². The number of halogens is 1. The van der Waals surface area contributed by atoms with Gasteiger partial charge in [-0.05, 0) is 35.2 Å². The van der Waals surface area contributed by atoms with Crippen LogP contribution in [0, 0.1) is 0 Å². The molecule has 0 radical (unpaired) electrons. The molecule has 0 saturated heterocycles. The Hall–Kier alpha value is -2.46. The predicted molar refractivity (Wildman–Crippen MR) is 121 cm³/mol. The molecule has 0 fully saturated rings. The minimum atomic E-state index is -0.360. The van der Waals surface area contributed by atoms with Crippen molar-refractivity contribution >= 4 is 63.5 Å². The van der Waals surface area contributed by atoms with Crippen LogP contribution in [0.5, 0.6) is 0 Å². The fourth-order valence-corrected chi connectivity index (χ4v) is 3.25. The molecule has 0 bridgehead atoms. The average Bonchev–Trinajstić information content (AvgIpc) is 3.09. The molecule has 3 rings (SSSR count). The molecule has 0 aliphatic carbocycles. The van der Waals surface area contributed by atoms with Gasteiger partial charge >= 0.3 is 5.97 Å². The minimum Gasteiger partial charge on any atom is -0.465 e. The molecule has 0 spiro atoms. The van der Waals surface area contributed by atoms with Crippen LogP contribution in [0.2, 0.25) is 0 Å². The molecule has 0 aliphatic rings. The van der Waals surface area contributed by atoms with Gasteiger partial charge in [0.15, 0.2) is 0 Å². The third-order valence-electron chi connectivity index (χ3n) is 3.64. The van der Waals surface area contributed by atoms with Gasteiger partial charge in [-0.3, -0.25) is 0 Å². The number of carbonyl (C=O) groups is 1. The summed E-state index contributed by atoms with van der Waals surface area (Å²) in [5.41, 5.74) is 7.28. The molecule has 0 atom stereocenters. The minimum absolute atomic E-state index is 0. The molecule has 1 aromatic heterocycles. The van der Waals surface area contributed by atoms with Gasteiger partial charge < -0.3 is 15.8 Å². The lowest BCUT2D eigenvalue weighted by atomic mass is 10.1. The van der Waals surface area contributed by atoms with E-state index in [9.17, 15) is 4.79 Å². The van der Waals surface area contributed by atoms with Crippen LogP contribution in [-0.4, -0.2) is 25.3 Å². The highest BCUT2D eigenvalue weighted by molar-refractivity contribution is 14.0. The summed E-state index contributed by atoms with van der Waals surface area (Å²) in [7, 11) is 1.36. The number of benzene rings is 2. The highest BCUT2D eigenvalue weighted by Crippen LogP contribution is 2.23. The molecule has 27 heavy (non-hydrogen) atoms. The fourth-order valence-electron chi connectivity index (χ4n) is 2.32. The smallest absolute Gasteiger partial charge is 0.337 e. The Morgan fingerprint density at radius 3 is 2.67 bits per heavy atom. The number of fused-ring (bicyclic) bond motifs is 1. The summed E-state index contributed by atoms with van der Waals surface area (Å²) in [4.78, 5) is 12.4. The third-order valence-corrected chi connectivity index (χ3v) is 4.69. The van der Waals surface area contributed by atoms with E-state index in [-0.39, 0.29) is 35.9 Å². The van der Waals surface area contributed by atoms with Crippen LogP contribution in [0.4, 0.5) is 0 Å². The maximum absolute atomic E-state index is 11.4. The molecule has 3 aromatic rings. The number of thiophene rings is 1. The van der Waals surface area contributed by atoms with Gasteiger partial charge in [-0.1, -0.05) is 30.3 Å². The van der Waals surface area contributed by atoms with Crippen LogP contribution in [0.3, 0.4) is 0 Å². The van der Waals surface area contributed by atoms with Crippen molar-refractivity contribution in [3.8, 4) is 0 Å². The Balaban J connectivity index is 0.00000261. The Morgan fingerprint density at radius 1 is 1.22 bits per heavy atom. The summed E-state index contributed by atoms with van der Waals surface area (Å²) in [6.45, 7) is 0.481. The number of guanidine groups is 1. The van der Waals surface area contributed by atoms with E-state index >= 15 is 0 Å². The van der Waals surface area contributed by atoms with Crippen molar-refractivity contribution in [2.75, 3.05) is 7.11 Å². The average molecular weight is 494 g/mol. The number of methoxy groups -OCH3 is 1. The topological polar surface area (TPSA) is 89.1 Å². The number of rotatable bonds is 5. The summed E-state index contributed by atoms with van der Waals surface area (Å²) in [5, 5.41) is 12.1. The van der Waals surface area contributed by atoms with Gasteiger partial charge in [0.25, 0.3) is 0 Å². The van der Waals surface area contributed by atoms with E-state index in [2.05, 4.69) is 38.5 Å². The second-order valence-corrected chi connectivity index (χ2v) is 6.57. The Kier molecular flexibility index (Phi) is 7.74. The number of esters is 1. The van der Waals surface area contributed by atoms with E-state index in [1.807, 2.05) is 24.3 Å². The summed E-state index contributed by atoms with van der Waals surface area (Å²) >= 11 is 1.65. The molecule has 140 valence electrons. The number of carbonyl (C=O) groups excluding carboxylic acids is 1. The van der Waals surface area contributed by atoms with E-state index in [1.54, 1.807) is 29.7 Å². The highest BCUT2D eigenvalue weighted by Gasteiger charge is 2.04. The molecule has 6 nitrogen and oxygen atoms in total. The molecule has 0 unspecified atom stereocenters. The number of nitrogens with one attached hydrogen (secondary N) is 1. The van der Waals surface area contributed by atoms with E-state index in [0.29, 0.717) is 12.1 Å². The summed E-state index contributed by atoms with van der Waals surface area (Å²) in [6, 6.07) is 17.3.